The molecule has 32 heavy (non-hydrogen) atoms. The van der Waals surface area contributed by atoms with Gasteiger partial charge in [-0.25, -0.2) is 22.9 Å². The largest absolute Gasteiger partial charge is 0.356 e. The van der Waals surface area contributed by atoms with E-state index in [-0.39, 0.29) is 53.7 Å². The number of rotatable bonds is 8. The minimum atomic E-state index is -3.75. The second-order valence-electron chi connectivity index (χ2n) is 7.24. The number of likely N-dealkylation sites (N-methyl/N-ethyl adjacent to an activating group) is 1. The molecule has 0 aliphatic rings. The molecule has 2 rings (SSSR count). The van der Waals surface area contributed by atoms with Crippen molar-refractivity contribution >= 4 is 45.9 Å². The number of hydrogen-bond donors (Lipinski definition) is 3. The second-order valence-corrected chi connectivity index (χ2v) is 8.80. The van der Waals surface area contributed by atoms with Gasteiger partial charge in [0.1, 0.15) is 5.82 Å². The molecule has 11 heteroatoms. The Balaban J connectivity index is 0.00000512. The summed E-state index contributed by atoms with van der Waals surface area (Å²) in [6.07, 6.45) is 0.650. The minimum absolute atomic E-state index is 0. The number of benzene rings is 2. The number of guanidine groups is 1. The molecule has 0 aromatic heterocycles. The third kappa shape index (κ3) is 9.09. The van der Waals surface area contributed by atoms with Crippen LogP contribution in [0.15, 0.2) is 52.4 Å². The Hall–Kier alpha value is -2.25. The van der Waals surface area contributed by atoms with Gasteiger partial charge in [0.2, 0.25) is 15.9 Å². The lowest BCUT2D eigenvalue weighted by molar-refractivity contribution is -0.127. The van der Waals surface area contributed by atoms with E-state index >= 15 is 0 Å². The summed E-state index contributed by atoms with van der Waals surface area (Å²) in [5.41, 5.74) is 2.66. The van der Waals surface area contributed by atoms with Crippen molar-refractivity contribution < 1.29 is 17.6 Å². The van der Waals surface area contributed by atoms with E-state index in [9.17, 15) is 17.6 Å². The number of sulfonamides is 1. The normalized spacial score (nSPS) is 11.5. The molecule has 8 nitrogen and oxygen atoms in total. The van der Waals surface area contributed by atoms with Crippen LogP contribution in [0.1, 0.15) is 16.7 Å². The van der Waals surface area contributed by atoms with Crippen molar-refractivity contribution in [2.75, 3.05) is 27.2 Å². The zero-order chi connectivity index (χ0) is 23.0. The number of primary sulfonamides is 1. The number of halogens is 2. The van der Waals surface area contributed by atoms with Crippen LogP contribution in [0.2, 0.25) is 0 Å². The number of hydrogen-bond acceptors (Lipinski definition) is 4. The summed E-state index contributed by atoms with van der Waals surface area (Å²) < 4.78 is 36.0. The van der Waals surface area contributed by atoms with Crippen molar-refractivity contribution in [2.45, 2.75) is 24.8 Å². The average molecular weight is 577 g/mol. The molecule has 0 atom stereocenters. The zero-order valence-corrected chi connectivity index (χ0v) is 21.4. The van der Waals surface area contributed by atoms with Crippen LogP contribution in [0.25, 0.3) is 0 Å². The number of aliphatic imine (C=N–C) groups is 1. The van der Waals surface area contributed by atoms with Gasteiger partial charge in [-0.05, 0) is 54.3 Å². The van der Waals surface area contributed by atoms with Crippen molar-refractivity contribution in [3.63, 3.8) is 0 Å². The Kier molecular flexibility index (Phi) is 11.0. The second kappa shape index (κ2) is 12.7. The van der Waals surface area contributed by atoms with Gasteiger partial charge in [-0.3, -0.25) is 4.79 Å². The zero-order valence-electron chi connectivity index (χ0n) is 18.3. The van der Waals surface area contributed by atoms with E-state index in [4.69, 9.17) is 5.14 Å². The summed E-state index contributed by atoms with van der Waals surface area (Å²) in [4.78, 5) is 17.9. The Morgan fingerprint density at radius 1 is 1.12 bits per heavy atom. The van der Waals surface area contributed by atoms with Crippen LogP contribution < -0.4 is 15.8 Å². The van der Waals surface area contributed by atoms with Gasteiger partial charge >= 0.3 is 0 Å². The quantitative estimate of drug-likeness (QED) is 0.251. The van der Waals surface area contributed by atoms with E-state index in [2.05, 4.69) is 15.6 Å². The van der Waals surface area contributed by atoms with Crippen LogP contribution in [-0.2, 0) is 27.8 Å². The SMILES string of the molecule is Cc1cc(F)ccc1CCNC(=NCc1ccc(S(N)(=O)=O)cc1)NCC(=O)N(C)C.I. The molecular formula is C21H29FIN5O3S. The monoisotopic (exact) mass is 577 g/mol. The number of aryl methyl sites for hydroxylation is 1. The standard InChI is InChI=1S/C21H28FN5O3S.HI/c1-15-12-18(22)7-6-17(15)10-11-24-21(26-14-20(28)27(2)3)25-13-16-4-8-19(9-5-16)31(23,29)30;/h4-9,12H,10-11,13-14H2,1-3H3,(H2,23,29,30)(H2,24,25,26);1H. The number of nitrogens with two attached hydrogens (primary N) is 1. The first-order valence-electron chi connectivity index (χ1n) is 9.65. The molecule has 2 aromatic rings. The number of amides is 1. The highest BCUT2D eigenvalue weighted by molar-refractivity contribution is 14.0. The van der Waals surface area contributed by atoms with Gasteiger partial charge < -0.3 is 15.5 Å². The predicted molar refractivity (Wildman–Crippen MR) is 134 cm³/mol. The number of carbonyl (C=O) groups is 1. The Morgan fingerprint density at radius 2 is 1.78 bits per heavy atom. The first kappa shape index (κ1) is 27.8. The summed E-state index contributed by atoms with van der Waals surface area (Å²) in [6, 6.07) is 10.8. The fraction of sp³-hybridized carbons (Fsp3) is 0.333. The van der Waals surface area contributed by atoms with Crippen LogP contribution in [0.3, 0.4) is 0 Å². The molecule has 176 valence electrons. The minimum Gasteiger partial charge on any atom is -0.356 e. The van der Waals surface area contributed by atoms with E-state index in [1.54, 1.807) is 32.3 Å². The third-order valence-electron chi connectivity index (χ3n) is 4.57. The summed E-state index contributed by atoms with van der Waals surface area (Å²) in [6.45, 7) is 2.72. The molecule has 0 aliphatic heterocycles. The molecule has 0 aliphatic carbocycles. The molecule has 1 amide bonds. The maximum absolute atomic E-state index is 13.3. The lowest BCUT2D eigenvalue weighted by Crippen LogP contribution is -2.43. The van der Waals surface area contributed by atoms with Crippen LogP contribution in [-0.4, -0.2) is 52.4 Å². The van der Waals surface area contributed by atoms with Crippen LogP contribution in [0.4, 0.5) is 4.39 Å². The fourth-order valence-corrected chi connectivity index (χ4v) is 3.22. The average Bonchev–Trinajstić information content (AvgIpc) is 2.70. The highest BCUT2D eigenvalue weighted by atomic mass is 127. The van der Waals surface area contributed by atoms with Crippen molar-refractivity contribution in [1.29, 1.82) is 0 Å². The Morgan fingerprint density at radius 3 is 2.34 bits per heavy atom. The van der Waals surface area contributed by atoms with Gasteiger partial charge in [-0.15, -0.1) is 24.0 Å². The van der Waals surface area contributed by atoms with E-state index in [1.807, 2.05) is 6.92 Å². The molecule has 0 bridgehead atoms. The fourth-order valence-electron chi connectivity index (χ4n) is 2.70. The molecule has 2 aromatic carbocycles. The first-order chi connectivity index (χ1) is 14.6. The van der Waals surface area contributed by atoms with Gasteiger partial charge in [-0.1, -0.05) is 18.2 Å². The molecule has 4 N–H and O–H groups in total. The predicted octanol–water partition coefficient (Wildman–Crippen LogP) is 1.77. The van der Waals surface area contributed by atoms with Gasteiger partial charge in [-0.2, -0.15) is 0 Å². The maximum Gasteiger partial charge on any atom is 0.241 e. The summed E-state index contributed by atoms with van der Waals surface area (Å²) in [5.74, 6) is 0.0562. The number of carbonyl (C=O) groups excluding carboxylic acids is 1. The number of nitrogens with one attached hydrogen (secondary N) is 2. The number of nitrogens with zero attached hydrogens (tertiary/aromatic N) is 2. The van der Waals surface area contributed by atoms with Crippen molar-refractivity contribution in [3.05, 3.63) is 65.0 Å². The molecule has 0 spiro atoms. The summed E-state index contributed by atoms with van der Waals surface area (Å²) in [5, 5.41) is 11.3. The topological polar surface area (TPSA) is 117 Å². The van der Waals surface area contributed by atoms with Gasteiger partial charge in [0, 0.05) is 20.6 Å². The van der Waals surface area contributed by atoms with E-state index in [0.29, 0.717) is 18.9 Å². The van der Waals surface area contributed by atoms with Gasteiger partial charge in [0.25, 0.3) is 0 Å². The lowest BCUT2D eigenvalue weighted by Gasteiger charge is -2.15. The Labute approximate surface area is 205 Å². The molecule has 0 fully saturated rings. The maximum atomic E-state index is 13.3. The van der Waals surface area contributed by atoms with E-state index in [0.717, 1.165) is 16.7 Å². The first-order valence-corrected chi connectivity index (χ1v) is 11.2. The van der Waals surface area contributed by atoms with Crippen LogP contribution in [0, 0.1) is 12.7 Å². The lowest BCUT2D eigenvalue weighted by atomic mass is 10.1. The molecule has 0 heterocycles. The summed E-state index contributed by atoms with van der Waals surface area (Å²) in [7, 11) is -0.417. The molecule has 0 saturated heterocycles. The van der Waals surface area contributed by atoms with Gasteiger partial charge in [0.15, 0.2) is 5.96 Å². The highest BCUT2D eigenvalue weighted by Gasteiger charge is 2.08. The summed E-state index contributed by atoms with van der Waals surface area (Å²) >= 11 is 0. The van der Waals surface area contributed by atoms with E-state index in [1.165, 1.54) is 29.2 Å². The van der Waals surface area contributed by atoms with Crippen LogP contribution >= 0.6 is 24.0 Å². The van der Waals surface area contributed by atoms with E-state index < -0.39 is 10.0 Å². The Bertz CT molecular complexity index is 1040. The molecule has 0 unspecified atom stereocenters. The smallest absolute Gasteiger partial charge is 0.241 e. The molecule has 0 saturated carbocycles. The molecule has 0 radical (unpaired) electrons. The molecular weight excluding hydrogens is 548 g/mol. The van der Waals surface area contributed by atoms with Crippen molar-refractivity contribution in [2.24, 2.45) is 10.1 Å². The van der Waals surface area contributed by atoms with Crippen molar-refractivity contribution in [1.82, 2.24) is 15.5 Å². The van der Waals surface area contributed by atoms with Crippen LogP contribution in [0.5, 0.6) is 0 Å². The highest BCUT2D eigenvalue weighted by Crippen LogP contribution is 2.11. The van der Waals surface area contributed by atoms with Crippen molar-refractivity contribution in [3.8, 4) is 0 Å². The van der Waals surface area contributed by atoms with Gasteiger partial charge in [0.05, 0.1) is 18.0 Å². The third-order valence-corrected chi connectivity index (χ3v) is 5.50.